The second-order valence-electron chi connectivity index (χ2n) is 3.72. The van der Waals surface area contributed by atoms with Gasteiger partial charge in [0, 0.05) is 12.1 Å². The molecule has 0 bridgehead atoms. The summed E-state index contributed by atoms with van der Waals surface area (Å²) in [5.41, 5.74) is 1.29. The molecule has 1 aliphatic rings. The molecule has 2 unspecified atom stereocenters. The maximum Gasteiger partial charge on any atom is 0.0308 e. The molecular weight excluding hydrogens is 146 g/mol. The van der Waals surface area contributed by atoms with E-state index in [4.69, 9.17) is 0 Å². The van der Waals surface area contributed by atoms with Crippen molar-refractivity contribution in [3.63, 3.8) is 0 Å². The Morgan fingerprint density at radius 2 is 2.33 bits per heavy atom. The Morgan fingerprint density at radius 3 is 2.83 bits per heavy atom. The maximum absolute atomic E-state index is 4.03. The van der Waals surface area contributed by atoms with Crippen LogP contribution in [0.5, 0.6) is 0 Å². The smallest absolute Gasteiger partial charge is 0.0308 e. The minimum atomic E-state index is 0.495. The Bertz CT molecular complexity index is 183. The van der Waals surface area contributed by atoms with Gasteiger partial charge in [-0.05, 0) is 33.2 Å². The van der Waals surface area contributed by atoms with E-state index in [1.54, 1.807) is 0 Å². The van der Waals surface area contributed by atoms with Crippen LogP contribution in [0.3, 0.4) is 0 Å². The summed E-state index contributed by atoms with van der Waals surface area (Å²) in [5.74, 6) is 0. The normalized spacial score (nSPS) is 27.0. The zero-order valence-electron chi connectivity index (χ0n) is 8.21. The van der Waals surface area contributed by atoms with Crippen LogP contribution in [0, 0.1) is 0 Å². The highest BCUT2D eigenvalue weighted by Crippen LogP contribution is 2.24. The summed E-state index contributed by atoms with van der Waals surface area (Å²) >= 11 is 0. The van der Waals surface area contributed by atoms with Gasteiger partial charge in [-0.1, -0.05) is 18.2 Å². The molecule has 0 aromatic carbocycles. The quantitative estimate of drug-likeness (QED) is 0.581. The molecule has 12 heavy (non-hydrogen) atoms. The zero-order chi connectivity index (χ0) is 9.14. The maximum atomic E-state index is 4.03. The molecule has 0 aromatic rings. The molecule has 1 aliphatic heterocycles. The molecule has 0 radical (unpaired) electrons. The van der Waals surface area contributed by atoms with Crippen molar-refractivity contribution in [1.29, 1.82) is 0 Å². The predicted octanol–water partition coefficient (Wildman–Crippen LogP) is 2.60. The third-order valence-corrected chi connectivity index (χ3v) is 2.73. The van der Waals surface area contributed by atoms with Crippen LogP contribution in [0.1, 0.15) is 26.7 Å². The van der Waals surface area contributed by atoms with Gasteiger partial charge < -0.3 is 0 Å². The van der Waals surface area contributed by atoms with Crippen LogP contribution in [0.15, 0.2) is 24.8 Å². The molecule has 1 saturated heterocycles. The van der Waals surface area contributed by atoms with Gasteiger partial charge in [-0.3, -0.25) is 4.90 Å². The first kappa shape index (κ1) is 9.53. The summed E-state index contributed by atoms with van der Waals surface area (Å²) in [6.45, 7) is 13.4. The van der Waals surface area contributed by atoms with Crippen molar-refractivity contribution in [1.82, 2.24) is 4.90 Å². The van der Waals surface area contributed by atoms with E-state index in [1.165, 1.54) is 25.0 Å². The first-order valence-electron chi connectivity index (χ1n) is 4.70. The topological polar surface area (TPSA) is 3.24 Å². The second kappa shape index (κ2) is 3.90. The Balaban J connectivity index is 2.63. The number of rotatable bonds is 3. The van der Waals surface area contributed by atoms with E-state index in [2.05, 4.69) is 31.9 Å². The minimum absolute atomic E-state index is 0.495. The lowest BCUT2D eigenvalue weighted by Gasteiger charge is -2.28. The first-order chi connectivity index (χ1) is 5.66. The van der Waals surface area contributed by atoms with Crippen molar-refractivity contribution in [2.75, 3.05) is 6.54 Å². The van der Waals surface area contributed by atoms with Crippen molar-refractivity contribution < 1.29 is 0 Å². The fraction of sp³-hybridized carbons (Fsp3) is 0.636. The molecule has 1 rings (SSSR count). The molecule has 1 heterocycles. The molecule has 1 fully saturated rings. The lowest BCUT2D eigenvalue weighted by Crippen LogP contribution is -2.36. The van der Waals surface area contributed by atoms with Gasteiger partial charge in [-0.25, -0.2) is 0 Å². The summed E-state index contributed by atoms with van der Waals surface area (Å²) in [4.78, 5) is 2.48. The van der Waals surface area contributed by atoms with Gasteiger partial charge in [0.1, 0.15) is 0 Å². The average Bonchev–Trinajstić information content (AvgIpc) is 2.50. The fourth-order valence-corrected chi connectivity index (χ4v) is 1.94. The summed E-state index contributed by atoms with van der Waals surface area (Å²) in [7, 11) is 0. The minimum Gasteiger partial charge on any atom is -0.291 e. The van der Waals surface area contributed by atoms with E-state index in [-0.39, 0.29) is 0 Å². The lowest BCUT2D eigenvalue weighted by atomic mass is 10.1. The molecule has 0 saturated carbocycles. The molecular formula is C11H19N. The largest absolute Gasteiger partial charge is 0.291 e. The highest BCUT2D eigenvalue weighted by molar-refractivity contribution is 5.07. The predicted molar refractivity (Wildman–Crippen MR) is 54.2 cm³/mol. The van der Waals surface area contributed by atoms with Crippen LogP contribution in [0.4, 0.5) is 0 Å². The molecule has 2 atom stereocenters. The third-order valence-electron chi connectivity index (χ3n) is 2.73. The Labute approximate surface area is 75.8 Å². The summed E-state index contributed by atoms with van der Waals surface area (Å²) < 4.78 is 0. The Morgan fingerprint density at radius 1 is 1.67 bits per heavy atom. The van der Waals surface area contributed by atoms with Crippen molar-refractivity contribution in [2.24, 2.45) is 0 Å². The number of hydrogen-bond donors (Lipinski definition) is 0. The molecule has 0 spiro atoms. The number of nitrogens with zero attached hydrogens (tertiary/aromatic N) is 1. The summed E-state index contributed by atoms with van der Waals surface area (Å²) in [6, 6.07) is 1.09. The molecule has 1 heteroatoms. The highest BCUT2D eigenvalue weighted by atomic mass is 15.2. The summed E-state index contributed by atoms with van der Waals surface area (Å²) in [5, 5.41) is 0. The van der Waals surface area contributed by atoms with E-state index in [1.807, 2.05) is 6.08 Å². The second-order valence-corrected chi connectivity index (χ2v) is 3.72. The van der Waals surface area contributed by atoms with Crippen molar-refractivity contribution in [2.45, 2.75) is 38.8 Å². The van der Waals surface area contributed by atoms with Crippen LogP contribution in [-0.2, 0) is 0 Å². The molecule has 0 aromatic heterocycles. The van der Waals surface area contributed by atoms with Gasteiger partial charge in [-0.2, -0.15) is 0 Å². The van der Waals surface area contributed by atoms with Gasteiger partial charge in [0.25, 0.3) is 0 Å². The number of likely N-dealkylation sites (tertiary alicyclic amines) is 1. The first-order valence-corrected chi connectivity index (χ1v) is 4.70. The Kier molecular flexibility index (Phi) is 3.10. The van der Waals surface area contributed by atoms with Gasteiger partial charge >= 0.3 is 0 Å². The standard InChI is InChI=1S/C11H19N/c1-5-10(4)12-8-6-7-11(12)9(2)3/h5,10-11H,1-2,6-8H2,3-4H3. The van der Waals surface area contributed by atoms with Gasteiger partial charge in [0.05, 0.1) is 0 Å². The van der Waals surface area contributed by atoms with Crippen LogP contribution >= 0.6 is 0 Å². The monoisotopic (exact) mass is 165 g/mol. The molecule has 0 aliphatic carbocycles. The zero-order valence-corrected chi connectivity index (χ0v) is 8.21. The van der Waals surface area contributed by atoms with Gasteiger partial charge in [0.2, 0.25) is 0 Å². The van der Waals surface area contributed by atoms with Crippen LogP contribution in [0.2, 0.25) is 0 Å². The van der Waals surface area contributed by atoms with Crippen LogP contribution in [0.25, 0.3) is 0 Å². The van der Waals surface area contributed by atoms with Gasteiger partial charge in [-0.15, -0.1) is 6.58 Å². The van der Waals surface area contributed by atoms with Gasteiger partial charge in [0.15, 0.2) is 0 Å². The van der Waals surface area contributed by atoms with Crippen LogP contribution in [-0.4, -0.2) is 23.5 Å². The lowest BCUT2D eigenvalue weighted by molar-refractivity contribution is 0.247. The fourth-order valence-electron chi connectivity index (χ4n) is 1.94. The van der Waals surface area contributed by atoms with Crippen LogP contribution < -0.4 is 0 Å². The third kappa shape index (κ3) is 1.78. The average molecular weight is 165 g/mol. The summed E-state index contributed by atoms with van der Waals surface area (Å²) in [6.07, 6.45) is 4.59. The molecule has 1 nitrogen and oxygen atoms in total. The number of hydrogen-bond acceptors (Lipinski definition) is 1. The van der Waals surface area contributed by atoms with E-state index < -0.39 is 0 Å². The van der Waals surface area contributed by atoms with E-state index in [9.17, 15) is 0 Å². The van der Waals surface area contributed by atoms with E-state index in [0.717, 1.165) is 0 Å². The SMILES string of the molecule is C=CC(C)N1CCCC1C(=C)C. The van der Waals surface area contributed by atoms with E-state index >= 15 is 0 Å². The molecule has 0 N–H and O–H groups in total. The molecule has 0 amide bonds. The molecule has 68 valence electrons. The van der Waals surface area contributed by atoms with Crippen molar-refractivity contribution in [3.05, 3.63) is 24.8 Å². The van der Waals surface area contributed by atoms with Crippen molar-refractivity contribution >= 4 is 0 Å². The van der Waals surface area contributed by atoms with Crippen molar-refractivity contribution in [3.8, 4) is 0 Å². The highest BCUT2D eigenvalue weighted by Gasteiger charge is 2.27. The van der Waals surface area contributed by atoms with E-state index in [0.29, 0.717) is 12.1 Å². The Hall–Kier alpha value is -0.560.